The number of carbonyl (C=O) groups is 1. The van der Waals surface area contributed by atoms with Gasteiger partial charge in [0.2, 0.25) is 0 Å². The summed E-state index contributed by atoms with van der Waals surface area (Å²) in [6.45, 7) is 2.24. The first-order chi connectivity index (χ1) is 11.1. The molecule has 2 aromatic carbocycles. The Morgan fingerprint density at radius 2 is 1.96 bits per heavy atom. The average Bonchev–Trinajstić information content (AvgIpc) is 3.07. The van der Waals surface area contributed by atoms with Gasteiger partial charge in [-0.2, -0.15) is 0 Å². The van der Waals surface area contributed by atoms with Crippen LogP contribution in [0.25, 0.3) is 11.1 Å². The van der Waals surface area contributed by atoms with Gasteiger partial charge < -0.3 is 20.3 Å². The standard InChI is InChI=1S/C18H19NO4/c19-17-6-3-14(9-16(17)18(20)21)13-1-4-15(5-2-13)23-11-12-7-8-22-10-12/h1-6,9,12H,7-8,10-11,19H2,(H,20,21). The summed E-state index contributed by atoms with van der Waals surface area (Å²) in [4.78, 5) is 11.2. The number of carboxylic acids is 1. The van der Waals surface area contributed by atoms with Crippen LogP contribution >= 0.6 is 0 Å². The predicted octanol–water partition coefficient (Wildman–Crippen LogP) is 3.05. The Labute approximate surface area is 134 Å². The highest BCUT2D eigenvalue weighted by Crippen LogP contribution is 2.26. The van der Waals surface area contributed by atoms with Crippen molar-refractivity contribution in [3.63, 3.8) is 0 Å². The van der Waals surface area contributed by atoms with Crippen molar-refractivity contribution in [3.8, 4) is 16.9 Å². The van der Waals surface area contributed by atoms with E-state index in [1.807, 2.05) is 30.3 Å². The van der Waals surface area contributed by atoms with Crippen molar-refractivity contribution in [3.05, 3.63) is 48.0 Å². The Morgan fingerprint density at radius 3 is 2.61 bits per heavy atom. The van der Waals surface area contributed by atoms with Gasteiger partial charge in [-0.15, -0.1) is 0 Å². The minimum atomic E-state index is -1.02. The minimum absolute atomic E-state index is 0.115. The highest BCUT2D eigenvalue weighted by atomic mass is 16.5. The maximum atomic E-state index is 11.2. The van der Waals surface area contributed by atoms with Gasteiger partial charge in [-0.25, -0.2) is 4.79 Å². The van der Waals surface area contributed by atoms with E-state index < -0.39 is 5.97 Å². The second-order valence-electron chi connectivity index (χ2n) is 5.67. The van der Waals surface area contributed by atoms with Gasteiger partial charge in [-0.3, -0.25) is 0 Å². The van der Waals surface area contributed by atoms with Crippen LogP contribution in [0.4, 0.5) is 5.69 Å². The van der Waals surface area contributed by atoms with Crippen LogP contribution in [0.3, 0.4) is 0 Å². The number of hydrogen-bond donors (Lipinski definition) is 2. The molecule has 1 heterocycles. The van der Waals surface area contributed by atoms with Crippen molar-refractivity contribution in [2.75, 3.05) is 25.6 Å². The summed E-state index contributed by atoms with van der Waals surface area (Å²) in [5.41, 5.74) is 7.79. The van der Waals surface area contributed by atoms with Gasteiger partial charge in [0.1, 0.15) is 5.75 Å². The molecule has 0 saturated carbocycles. The van der Waals surface area contributed by atoms with Crippen LogP contribution < -0.4 is 10.5 Å². The lowest BCUT2D eigenvalue weighted by Crippen LogP contribution is -2.11. The maximum Gasteiger partial charge on any atom is 0.337 e. The molecule has 0 amide bonds. The summed E-state index contributed by atoms with van der Waals surface area (Å²) in [6.07, 6.45) is 1.04. The van der Waals surface area contributed by atoms with E-state index in [1.165, 1.54) is 0 Å². The number of nitrogen functional groups attached to an aromatic ring is 1. The van der Waals surface area contributed by atoms with Crippen molar-refractivity contribution in [2.24, 2.45) is 5.92 Å². The number of anilines is 1. The highest BCUT2D eigenvalue weighted by Gasteiger charge is 2.16. The van der Waals surface area contributed by atoms with Gasteiger partial charge >= 0.3 is 5.97 Å². The fourth-order valence-corrected chi connectivity index (χ4v) is 2.59. The lowest BCUT2D eigenvalue weighted by Gasteiger charge is -2.11. The molecule has 1 fully saturated rings. The van der Waals surface area contributed by atoms with Crippen LogP contribution in [-0.4, -0.2) is 30.9 Å². The third-order valence-electron chi connectivity index (χ3n) is 3.98. The number of ether oxygens (including phenoxy) is 2. The molecule has 5 nitrogen and oxygen atoms in total. The van der Waals surface area contributed by atoms with Gasteiger partial charge in [-0.05, 0) is 41.8 Å². The first-order valence-corrected chi connectivity index (χ1v) is 7.57. The van der Waals surface area contributed by atoms with Gasteiger partial charge in [0.05, 0.1) is 18.8 Å². The molecule has 0 bridgehead atoms. The summed E-state index contributed by atoms with van der Waals surface area (Å²) in [5.74, 6) is 0.238. The number of rotatable bonds is 5. The summed E-state index contributed by atoms with van der Waals surface area (Å²) in [7, 11) is 0. The van der Waals surface area contributed by atoms with E-state index in [1.54, 1.807) is 12.1 Å². The number of hydrogen-bond acceptors (Lipinski definition) is 4. The largest absolute Gasteiger partial charge is 0.493 e. The van der Waals surface area contributed by atoms with E-state index >= 15 is 0 Å². The van der Waals surface area contributed by atoms with Gasteiger partial charge in [0, 0.05) is 18.2 Å². The van der Waals surface area contributed by atoms with Crippen LogP contribution in [0, 0.1) is 5.92 Å². The first kappa shape index (κ1) is 15.4. The molecule has 3 N–H and O–H groups in total. The van der Waals surface area contributed by atoms with E-state index in [-0.39, 0.29) is 11.3 Å². The zero-order valence-electron chi connectivity index (χ0n) is 12.7. The number of carboxylic acid groups (broad SMARTS) is 1. The molecule has 0 radical (unpaired) electrons. The summed E-state index contributed by atoms with van der Waals surface area (Å²) in [5, 5.41) is 9.14. The quantitative estimate of drug-likeness (QED) is 0.829. The van der Waals surface area contributed by atoms with Gasteiger partial charge in [-0.1, -0.05) is 18.2 Å². The Hall–Kier alpha value is -2.53. The molecular formula is C18H19NO4. The van der Waals surface area contributed by atoms with Crippen molar-refractivity contribution in [1.29, 1.82) is 0 Å². The van der Waals surface area contributed by atoms with Crippen molar-refractivity contribution in [2.45, 2.75) is 6.42 Å². The third kappa shape index (κ3) is 3.63. The van der Waals surface area contributed by atoms with Crippen molar-refractivity contribution >= 4 is 11.7 Å². The lowest BCUT2D eigenvalue weighted by atomic mass is 10.0. The molecule has 0 aromatic heterocycles. The van der Waals surface area contributed by atoms with E-state index in [2.05, 4.69) is 0 Å². The molecule has 23 heavy (non-hydrogen) atoms. The monoisotopic (exact) mass is 313 g/mol. The predicted molar refractivity (Wildman–Crippen MR) is 87.7 cm³/mol. The zero-order chi connectivity index (χ0) is 16.2. The number of benzene rings is 2. The molecule has 0 aliphatic carbocycles. The molecule has 1 unspecified atom stereocenters. The summed E-state index contributed by atoms with van der Waals surface area (Å²) in [6, 6.07) is 12.6. The molecule has 2 aromatic rings. The molecule has 3 rings (SSSR count). The molecule has 1 atom stereocenters. The molecular weight excluding hydrogens is 294 g/mol. The molecule has 1 saturated heterocycles. The van der Waals surface area contributed by atoms with Gasteiger partial charge in [0.25, 0.3) is 0 Å². The van der Waals surface area contributed by atoms with E-state index in [4.69, 9.17) is 20.3 Å². The Morgan fingerprint density at radius 1 is 1.22 bits per heavy atom. The average molecular weight is 313 g/mol. The molecule has 1 aliphatic rings. The van der Waals surface area contributed by atoms with Crippen LogP contribution in [-0.2, 0) is 4.74 Å². The molecule has 5 heteroatoms. The SMILES string of the molecule is Nc1ccc(-c2ccc(OCC3CCOC3)cc2)cc1C(=O)O. The Bertz CT molecular complexity index is 691. The normalized spacial score (nSPS) is 17.1. The third-order valence-corrected chi connectivity index (χ3v) is 3.98. The second kappa shape index (κ2) is 6.71. The van der Waals surface area contributed by atoms with Crippen LogP contribution in [0.15, 0.2) is 42.5 Å². The van der Waals surface area contributed by atoms with E-state index in [9.17, 15) is 4.79 Å². The number of nitrogens with two attached hydrogens (primary N) is 1. The number of aromatic carboxylic acids is 1. The fourth-order valence-electron chi connectivity index (χ4n) is 2.59. The molecule has 0 spiro atoms. The second-order valence-corrected chi connectivity index (χ2v) is 5.67. The molecule has 120 valence electrons. The van der Waals surface area contributed by atoms with E-state index in [0.29, 0.717) is 12.5 Å². The smallest absolute Gasteiger partial charge is 0.337 e. The Balaban J connectivity index is 1.71. The van der Waals surface area contributed by atoms with Gasteiger partial charge in [0.15, 0.2) is 0 Å². The first-order valence-electron chi connectivity index (χ1n) is 7.57. The Kier molecular flexibility index (Phi) is 4.48. The minimum Gasteiger partial charge on any atom is -0.493 e. The highest BCUT2D eigenvalue weighted by molar-refractivity contribution is 5.95. The molecule has 1 aliphatic heterocycles. The maximum absolute atomic E-state index is 11.2. The van der Waals surface area contributed by atoms with Crippen LogP contribution in [0.1, 0.15) is 16.8 Å². The summed E-state index contributed by atoms with van der Waals surface area (Å²) < 4.78 is 11.1. The summed E-state index contributed by atoms with van der Waals surface area (Å²) >= 11 is 0. The van der Waals surface area contributed by atoms with Crippen molar-refractivity contribution in [1.82, 2.24) is 0 Å². The zero-order valence-corrected chi connectivity index (χ0v) is 12.7. The van der Waals surface area contributed by atoms with Crippen LogP contribution in [0.5, 0.6) is 5.75 Å². The topological polar surface area (TPSA) is 81.8 Å². The van der Waals surface area contributed by atoms with Crippen LogP contribution in [0.2, 0.25) is 0 Å². The fraction of sp³-hybridized carbons (Fsp3) is 0.278. The van der Waals surface area contributed by atoms with Crippen molar-refractivity contribution < 1.29 is 19.4 Å². The lowest BCUT2D eigenvalue weighted by molar-refractivity contribution is 0.0698. The van der Waals surface area contributed by atoms with E-state index in [0.717, 1.165) is 36.5 Å².